The number of rotatable bonds is 17. The number of aliphatic hydroxyl groups excluding tert-OH is 1. The van der Waals surface area contributed by atoms with E-state index in [0.717, 1.165) is 44.9 Å². The molecule has 3 heteroatoms. The molecule has 1 fully saturated rings. The molecular formula is C33H58O3. The predicted octanol–water partition coefficient (Wildman–Crippen LogP) is 9.48. The Bertz CT molecular complexity index is 676. The van der Waals surface area contributed by atoms with E-state index in [9.17, 15) is 9.90 Å². The second kappa shape index (κ2) is 16.7. The lowest BCUT2D eigenvalue weighted by Gasteiger charge is -2.53. The topological polar surface area (TPSA) is 46.5 Å². The molecule has 2 aliphatic carbocycles. The van der Waals surface area contributed by atoms with Gasteiger partial charge in [-0.05, 0) is 68.8 Å². The molecule has 0 amide bonds. The van der Waals surface area contributed by atoms with Crippen LogP contribution in [0.2, 0.25) is 0 Å². The Morgan fingerprint density at radius 1 is 1.03 bits per heavy atom. The molecule has 0 spiro atoms. The molecule has 3 nitrogen and oxygen atoms in total. The summed E-state index contributed by atoms with van der Waals surface area (Å²) in [6, 6.07) is 0. The van der Waals surface area contributed by atoms with Crippen molar-refractivity contribution < 1.29 is 14.6 Å². The summed E-state index contributed by atoms with van der Waals surface area (Å²) in [6.45, 7) is 13.6. The number of carbonyl (C=O) groups excluding carboxylic acids is 1. The van der Waals surface area contributed by atoms with Crippen molar-refractivity contribution in [2.24, 2.45) is 17.3 Å². The summed E-state index contributed by atoms with van der Waals surface area (Å²) < 4.78 is 5.89. The van der Waals surface area contributed by atoms with E-state index < -0.39 is 0 Å². The van der Waals surface area contributed by atoms with Crippen LogP contribution >= 0.6 is 0 Å². The lowest BCUT2D eigenvalue weighted by molar-refractivity contribution is -0.147. The van der Waals surface area contributed by atoms with Gasteiger partial charge in [0, 0.05) is 12.8 Å². The second-order valence-electron chi connectivity index (χ2n) is 12.7. The van der Waals surface area contributed by atoms with E-state index >= 15 is 0 Å². The molecule has 0 bridgehead atoms. The van der Waals surface area contributed by atoms with Gasteiger partial charge in [-0.15, -0.1) is 0 Å². The Morgan fingerprint density at radius 3 is 2.22 bits per heavy atom. The van der Waals surface area contributed by atoms with E-state index in [4.69, 9.17) is 4.74 Å². The van der Waals surface area contributed by atoms with Crippen molar-refractivity contribution in [3.63, 3.8) is 0 Å². The van der Waals surface area contributed by atoms with Gasteiger partial charge in [0.1, 0.15) is 6.10 Å². The van der Waals surface area contributed by atoms with E-state index in [1.165, 1.54) is 81.8 Å². The van der Waals surface area contributed by atoms with Crippen LogP contribution in [-0.2, 0) is 9.53 Å². The zero-order chi connectivity index (χ0) is 26.4. The third-order valence-corrected chi connectivity index (χ3v) is 8.89. The molecular weight excluding hydrogens is 444 g/mol. The number of aliphatic hydroxyl groups is 1. The van der Waals surface area contributed by atoms with Crippen molar-refractivity contribution in [2.75, 3.05) is 0 Å². The summed E-state index contributed by atoms with van der Waals surface area (Å²) in [5.74, 6) is 1.18. The van der Waals surface area contributed by atoms with Crippen molar-refractivity contribution in [3.8, 4) is 0 Å². The summed E-state index contributed by atoms with van der Waals surface area (Å²) >= 11 is 0. The molecule has 208 valence electrons. The molecule has 4 unspecified atom stereocenters. The fourth-order valence-electron chi connectivity index (χ4n) is 6.48. The van der Waals surface area contributed by atoms with Crippen LogP contribution < -0.4 is 0 Å². The van der Waals surface area contributed by atoms with Crippen LogP contribution in [0.3, 0.4) is 0 Å². The first kappa shape index (κ1) is 31.1. The number of ether oxygens (including phenoxy) is 1. The average Bonchev–Trinajstić information content (AvgIpc) is 2.85. The Morgan fingerprint density at radius 2 is 1.61 bits per heavy atom. The first-order valence-corrected chi connectivity index (χ1v) is 15.5. The number of fused-ring (bicyclic) bond motifs is 1. The molecule has 0 radical (unpaired) electrons. The van der Waals surface area contributed by atoms with E-state index in [2.05, 4.69) is 40.3 Å². The van der Waals surface area contributed by atoms with Crippen LogP contribution in [0.15, 0.2) is 23.8 Å². The van der Waals surface area contributed by atoms with Crippen molar-refractivity contribution in [1.29, 1.82) is 0 Å². The number of carbonyl (C=O) groups is 1. The van der Waals surface area contributed by atoms with E-state index in [1.807, 2.05) is 0 Å². The van der Waals surface area contributed by atoms with Crippen molar-refractivity contribution >= 4 is 5.97 Å². The molecule has 0 aromatic carbocycles. The van der Waals surface area contributed by atoms with Crippen molar-refractivity contribution in [1.82, 2.24) is 0 Å². The molecule has 1 saturated carbocycles. The van der Waals surface area contributed by atoms with Crippen molar-refractivity contribution in [2.45, 2.75) is 162 Å². The minimum Gasteiger partial charge on any atom is -0.458 e. The lowest BCUT2D eigenvalue weighted by Crippen LogP contribution is -2.44. The molecule has 2 rings (SSSR count). The summed E-state index contributed by atoms with van der Waals surface area (Å²) in [5, 5.41) is 10.3. The summed E-state index contributed by atoms with van der Waals surface area (Å²) in [4.78, 5) is 12.5. The highest BCUT2D eigenvalue weighted by molar-refractivity contribution is 5.69. The Labute approximate surface area is 223 Å². The highest BCUT2D eigenvalue weighted by atomic mass is 16.5. The molecule has 0 aromatic rings. The maximum atomic E-state index is 12.5. The normalized spacial score (nSPS) is 24.5. The number of hydrogen-bond donors (Lipinski definition) is 1. The molecule has 0 aliphatic heterocycles. The zero-order valence-electron chi connectivity index (χ0n) is 24.3. The highest BCUT2D eigenvalue weighted by Gasteiger charge is 2.47. The quantitative estimate of drug-likeness (QED) is 0.122. The summed E-state index contributed by atoms with van der Waals surface area (Å²) in [5.41, 5.74) is 3.00. The monoisotopic (exact) mass is 502 g/mol. The fraction of sp³-hybridized carbons (Fsp3) is 0.848. The smallest absolute Gasteiger partial charge is 0.306 e. The fourth-order valence-corrected chi connectivity index (χ4v) is 6.48. The van der Waals surface area contributed by atoms with E-state index in [0.29, 0.717) is 23.7 Å². The predicted molar refractivity (Wildman–Crippen MR) is 153 cm³/mol. The first-order chi connectivity index (χ1) is 17.2. The van der Waals surface area contributed by atoms with Gasteiger partial charge in [-0.2, -0.15) is 0 Å². The Hall–Kier alpha value is -1.09. The van der Waals surface area contributed by atoms with Crippen LogP contribution in [0.4, 0.5) is 0 Å². The maximum absolute atomic E-state index is 12.5. The highest BCUT2D eigenvalue weighted by Crippen LogP contribution is 2.56. The average molecular weight is 503 g/mol. The molecule has 4 atom stereocenters. The standard InChI is InChI=1S/C33H58O3/c1-6-7-8-9-10-11-12-13-14-15-18-28(34)19-16-17-20-32(35)36-29-23-26(2)21-22-31-30(27(3)24-29)25-33(31,4)5/h23,28-31,34H,3,6-22,24-25H2,1-2,4-5H3. The lowest BCUT2D eigenvalue weighted by atomic mass is 9.52. The van der Waals surface area contributed by atoms with Gasteiger partial charge < -0.3 is 9.84 Å². The van der Waals surface area contributed by atoms with E-state index in [-0.39, 0.29) is 18.2 Å². The number of esters is 1. The van der Waals surface area contributed by atoms with Gasteiger partial charge >= 0.3 is 5.97 Å². The summed E-state index contributed by atoms with van der Waals surface area (Å²) in [6.07, 6.45) is 23.1. The van der Waals surface area contributed by atoms with Crippen LogP contribution in [0.25, 0.3) is 0 Å². The van der Waals surface area contributed by atoms with Gasteiger partial charge in [0.2, 0.25) is 0 Å². The van der Waals surface area contributed by atoms with Crippen LogP contribution in [0.1, 0.15) is 150 Å². The number of hydrogen-bond acceptors (Lipinski definition) is 3. The third-order valence-electron chi connectivity index (χ3n) is 8.89. The van der Waals surface area contributed by atoms with E-state index in [1.54, 1.807) is 0 Å². The molecule has 2 aliphatic rings. The second-order valence-corrected chi connectivity index (χ2v) is 12.7. The minimum absolute atomic E-state index is 0.106. The van der Waals surface area contributed by atoms with Gasteiger partial charge in [-0.25, -0.2) is 0 Å². The SMILES string of the molecule is C=C1CC(OC(=O)CCCCC(O)CCCCCCCCCCCC)C=C(C)CCC2C1CC2(C)C. The van der Waals surface area contributed by atoms with Gasteiger partial charge in [0.15, 0.2) is 0 Å². The zero-order valence-corrected chi connectivity index (χ0v) is 24.3. The number of allylic oxidation sites excluding steroid dienone is 1. The molecule has 0 saturated heterocycles. The van der Waals surface area contributed by atoms with Crippen LogP contribution in [0.5, 0.6) is 0 Å². The van der Waals surface area contributed by atoms with Crippen LogP contribution in [0, 0.1) is 17.3 Å². The van der Waals surface area contributed by atoms with Gasteiger partial charge in [-0.3, -0.25) is 4.79 Å². The van der Waals surface area contributed by atoms with Gasteiger partial charge in [0.05, 0.1) is 6.10 Å². The summed E-state index contributed by atoms with van der Waals surface area (Å²) in [7, 11) is 0. The third kappa shape index (κ3) is 11.5. The van der Waals surface area contributed by atoms with Crippen LogP contribution in [-0.4, -0.2) is 23.3 Å². The van der Waals surface area contributed by atoms with Gasteiger partial charge in [0.25, 0.3) is 0 Å². The Balaban J connectivity index is 1.54. The maximum Gasteiger partial charge on any atom is 0.306 e. The first-order valence-electron chi connectivity index (χ1n) is 15.5. The minimum atomic E-state index is -0.224. The largest absolute Gasteiger partial charge is 0.458 e. The molecule has 0 aromatic heterocycles. The van der Waals surface area contributed by atoms with Crippen molar-refractivity contribution in [3.05, 3.63) is 23.8 Å². The number of unbranched alkanes of at least 4 members (excludes halogenated alkanes) is 10. The Kier molecular flexibility index (Phi) is 14.4. The molecule has 36 heavy (non-hydrogen) atoms. The molecule has 0 heterocycles. The molecule has 1 N–H and O–H groups in total. The van der Waals surface area contributed by atoms with Gasteiger partial charge in [-0.1, -0.05) is 109 Å².